The van der Waals surface area contributed by atoms with Crippen LogP contribution in [0.3, 0.4) is 0 Å². The molecule has 0 spiro atoms. The maximum absolute atomic E-state index is 12.9. The number of nitrogens with one attached hydrogen (secondary N) is 1. The number of hydrogen-bond donors (Lipinski definition) is 1. The number of amides is 1. The molecule has 2 aromatic carbocycles. The van der Waals surface area contributed by atoms with Crippen molar-refractivity contribution in [2.75, 3.05) is 23.6 Å². The van der Waals surface area contributed by atoms with E-state index in [1.54, 1.807) is 11.0 Å². The number of anilines is 3. The second kappa shape index (κ2) is 6.28. The van der Waals surface area contributed by atoms with E-state index >= 15 is 0 Å². The van der Waals surface area contributed by atoms with Crippen LogP contribution in [-0.4, -0.2) is 29.2 Å². The first-order valence-electron chi connectivity index (χ1n) is 8.66. The summed E-state index contributed by atoms with van der Waals surface area (Å²) in [5.74, 6) is 1.81. The van der Waals surface area contributed by atoms with Crippen molar-refractivity contribution >= 4 is 23.1 Å². The standard InChI is InChI=1S/C20H16N4O3/c25-20(24-8-7-13-3-1-2-4-16(13)24)15-10-19(22-11-21-15)23-14-5-6-17-18(9-14)27-12-26-17/h1-6,9-11H,7-8,12H2,(H,21,22,23). The Labute approximate surface area is 155 Å². The first-order chi connectivity index (χ1) is 13.3. The lowest BCUT2D eigenvalue weighted by molar-refractivity contribution is 0.0984. The molecule has 134 valence electrons. The second-order valence-corrected chi connectivity index (χ2v) is 6.32. The van der Waals surface area contributed by atoms with Crippen LogP contribution in [0.5, 0.6) is 11.5 Å². The number of hydrogen-bond acceptors (Lipinski definition) is 6. The van der Waals surface area contributed by atoms with Crippen LogP contribution in [0.15, 0.2) is 54.9 Å². The van der Waals surface area contributed by atoms with E-state index < -0.39 is 0 Å². The molecule has 27 heavy (non-hydrogen) atoms. The lowest BCUT2D eigenvalue weighted by atomic mass is 10.2. The zero-order valence-corrected chi connectivity index (χ0v) is 14.4. The summed E-state index contributed by atoms with van der Waals surface area (Å²) in [5.41, 5.74) is 3.28. The summed E-state index contributed by atoms with van der Waals surface area (Å²) in [6.07, 6.45) is 2.25. The SMILES string of the molecule is O=C(c1cc(Nc2ccc3c(c2)OCO3)ncn1)N1CCc2ccccc21. The summed E-state index contributed by atoms with van der Waals surface area (Å²) >= 11 is 0. The molecule has 7 heteroatoms. The average molecular weight is 360 g/mol. The van der Waals surface area contributed by atoms with E-state index in [4.69, 9.17) is 9.47 Å². The summed E-state index contributed by atoms with van der Waals surface area (Å²) in [6, 6.07) is 15.1. The minimum Gasteiger partial charge on any atom is -0.454 e. The highest BCUT2D eigenvalue weighted by molar-refractivity contribution is 6.06. The molecule has 0 atom stereocenters. The lowest BCUT2D eigenvalue weighted by Gasteiger charge is -2.17. The molecule has 0 unspecified atom stereocenters. The normalized spacial score (nSPS) is 14.1. The predicted molar refractivity (Wildman–Crippen MR) is 99.7 cm³/mol. The van der Waals surface area contributed by atoms with Crippen LogP contribution in [-0.2, 0) is 6.42 Å². The highest BCUT2D eigenvalue weighted by atomic mass is 16.7. The fourth-order valence-electron chi connectivity index (χ4n) is 3.35. The Morgan fingerprint density at radius 3 is 2.89 bits per heavy atom. The van der Waals surface area contributed by atoms with Crippen molar-refractivity contribution in [2.45, 2.75) is 6.42 Å². The van der Waals surface area contributed by atoms with Gasteiger partial charge in [0.2, 0.25) is 6.79 Å². The number of ether oxygens (including phenoxy) is 2. The number of benzene rings is 2. The van der Waals surface area contributed by atoms with Gasteiger partial charge in [-0.3, -0.25) is 4.79 Å². The van der Waals surface area contributed by atoms with E-state index in [1.807, 2.05) is 36.4 Å². The van der Waals surface area contributed by atoms with Gasteiger partial charge in [-0.05, 0) is 30.2 Å². The number of nitrogens with zero attached hydrogens (tertiary/aromatic N) is 3. The van der Waals surface area contributed by atoms with Crippen molar-refractivity contribution < 1.29 is 14.3 Å². The van der Waals surface area contributed by atoms with Gasteiger partial charge >= 0.3 is 0 Å². The van der Waals surface area contributed by atoms with Crippen LogP contribution < -0.4 is 19.7 Å². The number of fused-ring (bicyclic) bond motifs is 2. The van der Waals surface area contributed by atoms with Gasteiger partial charge in [0.15, 0.2) is 11.5 Å². The Balaban J connectivity index is 1.39. The van der Waals surface area contributed by atoms with E-state index in [0.717, 1.165) is 17.8 Å². The summed E-state index contributed by atoms with van der Waals surface area (Å²) in [5, 5.41) is 3.18. The number of carbonyl (C=O) groups is 1. The van der Waals surface area contributed by atoms with Crippen molar-refractivity contribution in [1.29, 1.82) is 0 Å². The summed E-state index contributed by atoms with van der Waals surface area (Å²) in [4.78, 5) is 23.1. The van der Waals surface area contributed by atoms with E-state index in [1.165, 1.54) is 11.9 Å². The van der Waals surface area contributed by atoms with Gasteiger partial charge in [-0.2, -0.15) is 0 Å². The zero-order chi connectivity index (χ0) is 18.2. The van der Waals surface area contributed by atoms with Crippen LogP contribution in [0.2, 0.25) is 0 Å². The molecule has 5 rings (SSSR count). The van der Waals surface area contributed by atoms with Gasteiger partial charge in [-0.15, -0.1) is 0 Å². The first kappa shape index (κ1) is 15.6. The highest BCUT2D eigenvalue weighted by Crippen LogP contribution is 2.35. The molecule has 0 bridgehead atoms. The fraction of sp³-hybridized carbons (Fsp3) is 0.150. The number of rotatable bonds is 3. The summed E-state index contributed by atoms with van der Waals surface area (Å²) in [6.45, 7) is 0.884. The van der Waals surface area contributed by atoms with Gasteiger partial charge < -0.3 is 19.7 Å². The van der Waals surface area contributed by atoms with E-state index in [-0.39, 0.29) is 12.7 Å². The molecular formula is C20H16N4O3. The summed E-state index contributed by atoms with van der Waals surface area (Å²) in [7, 11) is 0. The smallest absolute Gasteiger partial charge is 0.277 e. The van der Waals surface area contributed by atoms with E-state index in [0.29, 0.717) is 29.6 Å². The molecule has 1 aromatic heterocycles. The fourth-order valence-corrected chi connectivity index (χ4v) is 3.35. The van der Waals surface area contributed by atoms with Crippen LogP contribution >= 0.6 is 0 Å². The molecule has 0 fully saturated rings. The van der Waals surface area contributed by atoms with E-state index in [9.17, 15) is 4.79 Å². The third kappa shape index (κ3) is 2.83. The Bertz CT molecular complexity index is 1040. The second-order valence-electron chi connectivity index (χ2n) is 6.32. The third-order valence-corrected chi connectivity index (χ3v) is 4.66. The van der Waals surface area contributed by atoms with Gasteiger partial charge in [-0.25, -0.2) is 9.97 Å². The molecular weight excluding hydrogens is 344 g/mol. The van der Waals surface area contributed by atoms with Crippen LogP contribution in [0.1, 0.15) is 16.1 Å². The molecule has 1 amide bonds. The molecule has 0 saturated heterocycles. The average Bonchev–Trinajstić information content (AvgIpc) is 3.34. The largest absolute Gasteiger partial charge is 0.454 e. The molecule has 0 radical (unpaired) electrons. The molecule has 1 N–H and O–H groups in total. The van der Waals surface area contributed by atoms with Gasteiger partial charge in [0.05, 0.1) is 0 Å². The maximum atomic E-state index is 12.9. The monoisotopic (exact) mass is 360 g/mol. The van der Waals surface area contributed by atoms with Crippen molar-refractivity contribution in [3.63, 3.8) is 0 Å². The molecule has 3 aromatic rings. The minimum atomic E-state index is -0.129. The van der Waals surface area contributed by atoms with Crippen LogP contribution in [0, 0.1) is 0 Å². The topological polar surface area (TPSA) is 76.6 Å². The molecule has 2 aliphatic rings. The van der Waals surface area contributed by atoms with Crippen molar-refractivity contribution in [3.05, 3.63) is 66.1 Å². The number of aromatic nitrogens is 2. The quantitative estimate of drug-likeness (QED) is 0.773. The predicted octanol–water partition coefficient (Wildman–Crippen LogP) is 3.15. The molecule has 0 aliphatic carbocycles. The van der Waals surface area contributed by atoms with Crippen molar-refractivity contribution in [2.24, 2.45) is 0 Å². The molecule has 7 nitrogen and oxygen atoms in total. The number of para-hydroxylation sites is 1. The molecule has 3 heterocycles. The zero-order valence-electron chi connectivity index (χ0n) is 14.4. The van der Waals surface area contributed by atoms with Gasteiger partial charge in [0.1, 0.15) is 17.8 Å². The highest BCUT2D eigenvalue weighted by Gasteiger charge is 2.26. The maximum Gasteiger partial charge on any atom is 0.277 e. The van der Waals surface area contributed by atoms with Gasteiger partial charge in [0, 0.05) is 30.1 Å². The van der Waals surface area contributed by atoms with E-state index in [2.05, 4.69) is 21.4 Å². The Morgan fingerprint density at radius 1 is 1.04 bits per heavy atom. The molecule has 2 aliphatic heterocycles. The Morgan fingerprint density at radius 2 is 1.93 bits per heavy atom. The van der Waals surface area contributed by atoms with Crippen LogP contribution in [0.4, 0.5) is 17.2 Å². The van der Waals surface area contributed by atoms with Crippen molar-refractivity contribution in [3.8, 4) is 11.5 Å². The summed E-state index contributed by atoms with van der Waals surface area (Å²) < 4.78 is 10.7. The minimum absolute atomic E-state index is 0.129. The first-order valence-corrected chi connectivity index (χ1v) is 8.66. The van der Waals surface area contributed by atoms with Gasteiger partial charge in [-0.1, -0.05) is 18.2 Å². The van der Waals surface area contributed by atoms with Crippen molar-refractivity contribution in [1.82, 2.24) is 9.97 Å². The third-order valence-electron chi connectivity index (χ3n) is 4.66. The van der Waals surface area contributed by atoms with Gasteiger partial charge in [0.25, 0.3) is 5.91 Å². The Kier molecular flexibility index (Phi) is 3.64. The lowest BCUT2D eigenvalue weighted by Crippen LogP contribution is -2.29. The van der Waals surface area contributed by atoms with Crippen LogP contribution in [0.25, 0.3) is 0 Å². The number of carbonyl (C=O) groups excluding carboxylic acids is 1. The molecule has 0 saturated carbocycles. The Hall–Kier alpha value is -3.61.